The molecule has 0 bridgehead atoms. The molecule has 82 valence electrons. The molecule has 0 fully saturated rings. The second kappa shape index (κ2) is 6.42. The Bertz CT molecular complexity index is 89.3. The molecule has 0 aromatic rings. The Morgan fingerprint density at radius 1 is 0.692 bits per heavy atom. The Morgan fingerprint density at radius 2 is 0.923 bits per heavy atom. The second-order valence-electron chi connectivity index (χ2n) is 5.97. The summed E-state index contributed by atoms with van der Waals surface area (Å²) in [5.74, 6) is 0. The highest BCUT2D eigenvalue weighted by molar-refractivity contribution is 4.66. The third kappa shape index (κ3) is 18.7. The quantitative estimate of drug-likeness (QED) is 0.697. The molecule has 1 nitrogen and oxygen atoms in total. The first kappa shape index (κ1) is 15.4. The van der Waals surface area contributed by atoms with Crippen LogP contribution in [-0.4, -0.2) is 12.2 Å². The maximum absolute atomic E-state index is 7.00. The van der Waals surface area contributed by atoms with Gasteiger partial charge >= 0.3 is 0 Å². The largest absolute Gasteiger partial charge is 0.400 e. The number of rotatable bonds is 2. The van der Waals surface area contributed by atoms with Crippen molar-refractivity contribution in [3.05, 3.63) is 0 Å². The molecule has 0 aromatic carbocycles. The molecule has 0 aromatic heterocycles. The molecule has 0 aliphatic heterocycles. The summed E-state index contributed by atoms with van der Waals surface area (Å²) in [6, 6.07) is 0. The minimum absolute atomic E-state index is 0.519. The number of aliphatic hydroxyl groups is 1. The summed E-state index contributed by atoms with van der Waals surface area (Å²) < 4.78 is 0. The third-order valence-corrected chi connectivity index (χ3v) is 1.85. The fourth-order valence-corrected chi connectivity index (χ4v) is 1.15. The van der Waals surface area contributed by atoms with Crippen molar-refractivity contribution in [2.75, 3.05) is 7.11 Å². The first-order valence-corrected chi connectivity index (χ1v) is 5.15. The average Bonchev–Trinajstić information content (AvgIpc) is 1.86. The van der Waals surface area contributed by atoms with Crippen LogP contribution >= 0.6 is 0 Å². The first-order valence-electron chi connectivity index (χ1n) is 5.15. The van der Waals surface area contributed by atoms with Crippen LogP contribution < -0.4 is 0 Å². The minimum atomic E-state index is 0.519. The van der Waals surface area contributed by atoms with E-state index in [1.807, 2.05) is 0 Å². The van der Waals surface area contributed by atoms with Crippen LogP contribution in [0.2, 0.25) is 0 Å². The number of aliphatic hydroxyl groups excluding tert-OH is 1. The van der Waals surface area contributed by atoms with E-state index in [0.29, 0.717) is 10.8 Å². The molecule has 13 heavy (non-hydrogen) atoms. The van der Waals surface area contributed by atoms with Crippen LogP contribution in [0.25, 0.3) is 0 Å². The van der Waals surface area contributed by atoms with Crippen molar-refractivity contribution < 1.29 is 5.11 Å². The van der Waals surface area contributed by atoms with E-state index in [2.05, 4.69) is 41.5 Å². The van der Waals surface area contributed by atoms with E-state index in [-0.39, 0.29) is 0 Å². The maximum atomic E-state index is 7.00. The lowest BCUT2D eigenvalue weighted by atomic mass is 9.84. The van der Waals surface area contributed by atoms with Crippen molar-refractivity contribution in [3.63, 3.8) is 0 Å². The lowest BCUT2D eigenvalue weighted by molar-refractivity contribution is 0.301. The van der Waals surface area contributed by atoms with Crippen LogP contribution in [0.5, 0.6) is 0 Å². The SMILES string of the molecule is CC(C)(C)CCCC(C)(C)C.CO. The van der Waals surface area contributed by atoms with Gasteiger partial charge in [-0.25, -0.2) is 0 Å². The Kier molecular flexibility index (Phi) is 7.62. The molecule has 0 spiro atoms. The predicted molar refractivity (Wildman–Crippen MR) is 60.9 cm³/mol. The molecule has 0 aliphatic carbocycles. The van der Waals surface area contributed by atoms with E-state index in [9.17, 15) is 0 Å². The zero-order valence-electron chi connectivity index (χ0n) is 10.6. The fraction of sp³-hybridized carbons (Fsp3) is 1.00. The number of hydrogen-bond donors (Lipinski definition) is 1. The maximum Gasteiger partial charge on any atom is 0.0319 e. The highest BCUT2D eigenvalue weighted by Gasteiger charge is 2.13. The summed E-state index contributed by atoms with van der Waals surface area (Å²) in [5, 5.41) is 7.00. The smallest absolute Gasteiger partial charge is 0.0319 e. The van der Waals surface area contributed by atoms with E-state index in [1.54, 1.807) is 0 Å². The third-order valence-electron chi connectivity index (χ3n) is 1.85. The van der Waals surface area contributed by atoms with Crippen LogP contribution in [-0.2, 0) is 0 Å². The molecule has 0 atom stereocenters. The van der Waals surface area contributed by atoms with Crippen LogP contribution in [0.3, 0.4) is 0 Å². The molecule has 0 heterocycles. The zero-order valence-corrected chi connectivity index (χ0v) is 10.6. The van der Waals surface area contributed by atoms with Gasteiger partial charge in [-0.05, 0) is 23.7 Å². The van der Waals surface area contributed by atoms with Gasteiger partial charge in [-0.2, -0.15) is 0 Å². The van der Waals surface area contributed by atoms with Crippen LogP contribution in [0.1, 0.15) is 60.8 Å². The molecule has 1 N–H and O–H groups in total. The summed E-state index contributed by atoms with van der Waals surface area (Å²) >= 11 is 0. The van der Waals surface area contributed by atoms with E-state index in [1.165, 1.54) is 19.3 Å². The zero-order chi connectivity index (χ0) is 11.1. The van der Waals surface area contributed by atoms with Crippen molar-refractivity contribution in [2.45, 2.75) is 60.8 Å². The molecule has 0 rings (SSSR count). The van der Waals surface area contributed by atoms with Gasteiger partial charge < -0.3 is 5.11 Å². The molecular weight excluding hydrogens is 160 g/mol. The molecule has 0 unspecified atom stereocenters. The Balaban J connectivity index is 0. The predicted octanol–water partition coefficient (Wildman–Crippen LogP) is 3.86. The summed E-state index contributed by atoms with van der Waals surface area (Å²) in [4.78, 5) is 0. The summed E-state index contributed by atoms with van der Waals surface area (Å²) in [6.45, 7) is 13.9. The van der Waals surface area contributed by atoms with Gasteiger partial charge in [0.1, 0.15) is 0 Å². The van der Waals surface area contributed by atoms with Gasteiger partial charge in [0.15, 0.2) is 0 Å². The summed E-state index contributed by atoms with van der Waals surface area (Å²) in [7, 11) is 1.00. The summed E-state index contributed by atoms with van der Waals surface area (Å²) in [5.41, 5.74) is 1.04. The van der Waals surface area contributed by atoms with Gasteiger partial charge in [0.05, 0.1) is 0 Å². The van der Waals surface area contributed by atoms with E-state index in [4.69, 9.17) is 5.11 Å². The molecule has 0 aliphatic rings. The molecule has 0 saturated carbocycles. The van der Waals surface area contributed by atoms with Crippen molar-refractivity contribution in [1.29, 1.82) is 0 Å². The Morgan fingerprint density at radius 3 is 1.08 bits per heavy atom. The van der Waals surface area contributed by atoms with Crippen molar-refractivity contribution in [3.8, 4) is 0 Å². The number of hydrogen-bond acceptors (Lipinski definition) is 1. The van der Waals surface area contributed by atoms with Crippen molar-refractivity contribution >= 4 is 0 Å². The van der Waals surface area contributed by atoms with Crippen molar-refractivity contribution in [2.24, 2.45) is 10.8 Å². The second-order valence-corrected chi connectivity index (χ2v) is 5.97. The molecule has 0 amide bonds. The van der Waals surface area contributed by atoms with Gasteiger partial charge in [0.25, 0.3) is 0 Å². The fourth-order valence-electron chi connectivity index (χ4n) is 1.15. The Labute approximate surface area is 84.6 Å². The van der Waals surface area contributed by atoms with Gasteiger partial charge in [-0.15, -0.1) is 0 Å². The highest BCUT2D eigenvalue weighted by Crippen LogP contribution is 2.27. The van der Waals surface area contributed by atoms with Crippen LogP contribution in [0.4, 0.5) is 0 Å². The monoisotopic (exact) mass is 188 g/mol. The molecule has 0 saturated heterocycles. The van der Waals surface area contributed by atoms with Gasteiger partial charge in [0.2, 0.25) is 0 Å². The van der Waals surface area contributed by atoms with Gasteiger partial charge in [-0.1, -0.05) is 48.0 Å². The Hall–Kier alpha value is -0.0400. The molecule has 0 radical (unpaired) electrons. The van der Waals surface area contributed by atoms with Gasteiger partial charge in [0, 0.05) is 7.11 Å². The van der Waals surface area contributed by atoms with E-state index < -0.39 is 0 Å². The molecular formula is C12H28O. The first-order chi connectivity index (χ1) is 5.71. The molecule has 1 heteroatoms. The summed E-state index contributed by atoms with van der Waals surface area (Å²) in [6.07, 6.45) is 4.07. The average molecular weight is 188 g/mol. The lowest BCUT2D eigenvalue weighted by Crippen LogP contribution is -2.09. The minimum Gasteiger partial charge on any atom is -0.400 e. The normalized spacial score (nSPS) is 12.0. The standard InChI is InChI=1S/C11H24.CH4O/c1-10(2,3)8-7-9-11(4,5)6;1-2/h7-9H2,1-6H3;2H,1H3. The van der Waals surface area contributed by atoms with E-state index in [0.717, 1.165) is 7.11 Å². The van der Waals surface area contributed by atoms with Crippen LogP contribution in [0.15, 0.2) is 0 Å². The van der Waals surface area contributed by atoms with Crippen LogP contribution in [0, 0.1) is 10.8 Å². The van der Waals surface area contributed by atoms with E-state index >= 15 is 0 Å². The van der Waals surface area contributed by atoms with Gasteiger partial charge in [-0.3, -0.25) is 0 Å². The topological polar surface area (TPSA) is 20.2 Å². The van der Waals surface area contributed by atoms with Crippen molar-refractivity contribution in [1.82, 2.24) is 0 Å². The lowest BCUT2D eigenvalue weighted by Gasteiger charge is -2.22. The highest BCUT2D eigenvalue weighted by atomic mass is 16.2.